The molecule has 0 unspecified atom stereocenters. The van der Waals surface area contributed by atoms with Crippen LogP contribution in [0.4, 0.5) is 5.69 Å². The van der Waals surface area contributed by atoms with Crippen molar-refractivity contribution < 1.29 is 9.53 Å². The zero-order chi connectivity index (χ0) is 15.2. The van der Waals surface area contributed by atoms with Crippen LogP contribution in [0.1, 0.15) is 15.9 Å². The van der Waals surface area contributed by atoms with Gasteiger partial charge in [0.05, 0.1) is 7.11 Å². The molecule has 0 aromatic heterocycles. The van der Waals surface area contributed by atoms with E-state index in [0.29, 0.717) is 5.56 Å². The normalized spacial score (nSPS) is 10.6. The van der Waals surface area contributed by atoms with Gasteiger partial charge in [-0.05, 0) is 30.4 Å². The third-order valence-electron chi connectivity index (χ3n) is 3.20. The maximum absolute atomic E-state index is 12.2. The lowest BCUT2D eigenvalue weighted by Crippen LogP contribution is -2.09. The highest BCUT2D eigenvalue weighted by Gasteiger charge is 2.04. The number of allylic oxidation sites excluding steroid dienone is 1. The molecular formula is C18H19NO2. The molecule has 0 spiro atoms. The summed E-state index contributed by atoms with van der Waals surface area (Å²) in [5.74, 6) is 0.730. The maximum Gasteiger partial charge on any atom is 0.185 e. The van der Waals surface area contributed by atoms with E-state index in [4.69, 9.17) is 4.74 Å². The van der Waals surface area contributed by atoms with Crippen LogP contribution in [0.2, 0.25) is 0 Å². The SMILES string of the molecule is COc1ccccc1/C=C/C(=O)c1cccc(N(C)C)c1. The van der Waals surface area contributed by atoms with Gasteiger partial charge < -0.3 is 9.64 Å². The van der Waals surface area contributed by atoms with Gasteiger partial charge in [0.15, 0.2) is 5.78 Å². The Hall–Kier alpha value is -2.55. The van der Waals surface area contributed by atoms with E-state index in [2.05, 4.69) is 0 Å². The van der Waals surface area contributed by atoms with Crippen LogP contribution in [0.5, 0.6) is 5.75 Å². The molecule has 0 aliphatic heterocycles. The Kier molecular flexibility index (Phi) is 4.77. The fourth-order valence-corrected chi connectivity index (χ4v) is 2.00. The monoisotopic (exact) mass is 281 g/mol. The van der Waals surface area contributed by atoms with E-state index >= 15 is 0 Å². The Balaban J connectivity index is 2.21. The van der Waals surface area contributed by atoms with E-state index in [1.165, 1.54) is 0 Å². The van der Waals surface area contributed by atoms with Gasteiger partial charge in [0.2, 0.25) is 0 Å². The predicted molar refractivity (Wildman–Crippen MR) is 87.1 cm³/mol. The van der Waals surface area contributed by atoms with Gasteiger partial charge in [-0.2, -0.15) is 0 Å². The number of ketones is 1. The zero-order valence-electron chi connectivity index (χ0n) is 12.5. The number of rotatable bonds is 5. The van der Waals surface area contributed by atoms with Crippen molar-refractivity contribution in [1.29, 1.82) is 0 Å². The van der Waals surface area contributed by atoms with E-state index in [0.717, 1.165) is 17.0 Å². The van der Waals surface area contributed by atoms with Crippen molar-refractivity contribution in [3.05, 3.63) is 65.7 Å². The summed E-state index contributed by atoms with van der Waals surface area (Å²) < 4.78 is 5.26. The standard InChI is InChI=1S/C18H19NO2/c1-19(2)16-9-6-8-15(13-16)17(20)12-11-14-7-4-5-10-18(14)21-3/h4-13H,1-3H3/b12-11+. The van der Waals surface area contributed by atoms with E-state index in [1.54, 1.807) is 19.3 Å². The van der Waals surface area contributed by atoms with E-state index < -0.39 is 0 Å². The quantitative estimate of drug-likeness (QED) is 0.619. The van der Waals surface area contributed by atoms with Crippen molar-refractivity contribution in [3.8, 4) is 5.75 Å². The minimum absolute atomic E-state index is 0.0235. The van der Waals surface area contributed by atoms with Crippen LogP contribution in [0.25, 0.3) is 6.08 Å². The number of benzene rings is 2. The minimum Gasteiger partial charge on any atom is -0.496 e. The maximum atomic E-state index is 12.2. The molecule has 108 valence electrons. The highest BCUT2D eigenvalue weighted by molar-refractivity contribution is 6.07. The number of ether oxygens (including phenoxy) is 1. The summed E-state index contributed by atoms with van der Waals surface area (Å²) in [4.78, 5) is 14.2. The number of hydrogen-bond donors (Lipinski definition) is 0. The third kappa shape index (κ3) is 3.72. The van der Waals surface area contributed by atoms with Crippen LogP contribution < -0.4 is 9.64 Å². The second kappa shape index (κ2) is 6.75. The molecule has 21 heavy (non-hydrogen) atoms. The van der Waals surface area contributed by atoms with Gasteiger partial charge in [0, 0.05) is 30.9 Å². The summed E-state index contributed by atoms with van der Waals surface area (Å²) in [6.45, 7) is 0. The van der Waals surface area contributed by atoms with Crippen LogP contribution in [0, 0.1) is 0 Å². The van der Waals surface area contributed by atoms with E-state index in [9.17, 15) is 4.79 Å². The Bertz CT molecular complexity index is 660. The van der Waals surface area contributed by atoms with Gasteiger partial charge in [-0.1, -0.05) is 30.3 Å². The van der Waals surface area contributed by atoms with Crippen molar-refractivity contribution >= 4 is 17.5 Å². The molecule has 2 aromatic rings. The average molecular weight is 281 g/mol. The first kappa shape index (κ1) is 14.9. The molecule has 2 rings (SSSR count). The van der Waals surface area contributed by atoms with Crippen molar-refractivity contribution in [2.45, 2.75) is 0 Å². The van der Waals surface area contributed by atoms with Crippen molar-refractivity contribution in [1.82, 2.24) is 0 Å². The molecule has 0 bridgehead atoms. The molecule has 2 aromatic carbocycles. The molecule has 0 atom stereocenters. The van der Waals surface area contributed by atoms with Gasteiger partial charge in [-0.25, -0.2) is 0 Å². The molecule has 3 nitrogen and oxygen atoms in total. The average Bonchev–Trinajstić information content (AvgIpc) is 2.52. The number of carbonyl (C=O) groups excluding carboxylic acids is 1. The van der Waals surface area contributed by atoms with Crippen LogP contribution in [-0.4, -0.2) is 27.0 Å². The van der Waals surface area contributed by atoms with Gasteiger partial charge in [0.25, 0.3) is 0 Å². The molecule has 0 heterocycles. The van der Waals surface area contributed by atoms with E-state index in [-0.39, 0.29) is 5.78 Å². The molecule has 0 saturated carbocycles. The molecule has 0 fully saturated rings. The molecule has 0 aliphatic carbocycles. The van der Waals surface area contributed by atoms with Crippen LogP contribution in [0.15, 0.2) is 54.6 Å². The topological polar surface area (TPSA) is 29.5 Å². The summed E-state index contributed by atoms with van der Waals surface area (Å²) >= 11 is 0. The Labute approximate surface area is 125 Å². The summed E-state index contributed by atoms with van der Waals surface area (Å²) in [7, 11) is 5.53. The van der Waals surface area contributed by atoms with Crippen LogP contribution in [-0.2, 0) is 0 Å². The van der Waals surface area contributed by atoms with Gasteiger partial charge in [-0.3, -0.25) is 4.79 Å². The Morgan fingerprint density at radius 3 is 2.57 bits per heavy atom. The Morgan fingerprint density at radius 1 is 1.10 bits per heavy atom. The third-order valence-corrected chi connectivity index (χ3v) is 3.20. The van der Waals surface area contributed by atoms with Gasteiger partial charge in [-0.15, -0.1) is 0 Å². The number of carbonyl (C=O) groups is 1. The second-order valence-electron chi connectivity index (χ2n) is 4.88. The fourth-order valence-electron chi connectivity index (χ4n) is 2.00. The first-order valence-corrected chi connectivity index (χ1v) is 6.74. The number of anilines is 1. The number of nitrogens with zero attached hydrogens (tertiary/aromatic N) is 1. The Morgan fingerprint density at radius 2 is 1.86 bits per heavy atom. The number of hydrogen-bond acceptors (Lipinski definition) is 3. The van der Waals surface area contributed by atoms with Crippen molar-refractivity contribution in [2.75, 3.05) is 26.1 Å². The van der Waals surface area contributed by atoms with Gasteiger partial charge >= 0.3 is 0 Å². The summed E-state index contributed by atoms with van der Waals surface area (Å²) in [5.41, 5.74) is 2.57. The second-order valence-corrected chi connectivity index (χ2v) is 4.88. The molecule has 3 heteroatoms. The fraction of sp³-hybridized carbons (Fsp3) is 0.167. The largest absolute Gasteiger partial charge is 0.496 e. The van der Waals surface area contributed by atoms with Crippen LogP contribution in [0.3, 0.4) is 0 Å². The zero-order valence-corrected chi connectivity index (χ0v) is 12.5. The summed E-state index contributed by atoms with van der Waals surface area (Å²) in [5, 5.41) is 0. The van der Waals surface area contributed by atoms with E-state index in [1.807, 2.05) is 67.5 Å². The molecule has 0 radical (unpaired) electrons. The van der Waals surface area contributed by atoms with Crippen LogP contribution >= 0.6 is 0 Å². The number of para-hydroxylation sites is 1. The molecular weight excluding hydrogens is 262 g/mol. The highest BCUT2D eigenvalue weighted by atomic mass is 16.5. The highest BCUT2D eigenvalue weighted by Crippen LogP contribution is 2.19. The number of methoxy groups -OCH3 is 1. The first-order chi connectivity index (χ1) is 10.1. The smallest absolute Gasteiger partial charge is 0.185 e. The molecule has 0 amide bonds. The molecule has 0 N–H and O–H groups in total. The lowest BCUT2D eigenvalue weighted by Gasteiger charge is -2.12. The van der Waals surface area contributed by atoms with Crippen molar-refractivity contribution in [2.24, 2.45) is 0 Å². The predicted octanol–water partition coefficient (Wildman–Crippen LogP) is 3.66. The van der Waals surface area contributed by atoms with Crippen molar-refractivity contribution in [3.63, 3.8) is 0 Å². The summed E-state index contributed by atoms with van der Waals surface area (Å²) in [6, 6.07) is 15.2. The molecule has 0 aliphatic rings. The lowest BCUT2D eigenvalue weighted by molar-refractivity contribution is 0.104. The van der Waals surface area contributed by atoms with Gasteiger partial charge in [0.1, 0.15) is 5.75 Å². The lowest BCUT2D eigenvalue weighted by atomic mass is 10.1. The molecule has 0 saturated heterocycles. The minimum atomic E-state index is -0.0235. The first-order valence-electron chi connectivity index (χ1n) is 6.74. The summed E-state index contributed by atoms with van der Waals surface area (Å²) in [6.07, 6.45) is 3.36.